The molecule has 3 aromatic rings. The maximum atomic E-state index is 13.0. The number of amides is 1. The zero-order valence-electron chi connectivity index (χ0n) is 18.4. The van der Waals surface area contributed by atoms with E-state index in [1.54, 1.807) is 36.4 Å². The molecule has 1 aromatic heterocycles. The molecule has 174 valence electrons. The van der Waals surface area contributed by atoms with Crippen LogP contribution in [0.4, 0.5) is 6.01 Å². The first-order valence-corrected chi connectivity index (χ1v) is 12.6. The van der Waals surface area contributed by atoms with Gasteiger partial charge in [-0.1, -0.05) is 42.7 Å². The summed E-state index contributed by atoms with van der Waals surface area (Å²) in [6.45, 7) is 4.66. The van der Waals surface area contributed by atoms with Crippen LogP contribution in [0.3, 0.4) is 0 Å². The maximum Gasteiger partial charge on any atom is 0.322 e. The van der Waals surface area contributed by atoms with E-state index in [2.05, 4.69) is 29.4 Å². The molecule has 8 nitrogen and oxygen atoms in total. The molecule has 10 heteroatoms. The third-order valence-electron chi connectivity index (χ3n) is 5.76. The summed E-state index contributed by atoms with van der Waals surface area (Å²) in [5.41, 5.74) is 1.77. The van der Waals surface area contributed by atoms with Gasteiger partial charge in [0.2, 0.25) is 21.8 Å². The fraction of sp³-hybridized carbons (Fsp3) is 0.348. The van der Waals surface area contributed by atoms with Gasteiger partial charge in [0.15, 0.2) is 0 Å². The minimum absolute atomic E-state index is 0.00485. The topological polar surface area (TPSA) is 105 Å². The first kappa shape index (κ1) is 23.4. The Hall–Kier alpha value is -2.75. The molecule has 1 N–H and O–H groups in total. The molecule has 4 rings (SSSR count). The van der Waals surface area contributed by atoms with Crippen LogP contribution in [-0.4, -0.2) is 41.9 Å². The Kier molecular flexibility index (Phi) is 6.83. The molecule has 1 saturated heterocycles. The summed E-state index contributed by atoms with van der Waals surface area (Å²) in [6.07, 6.45) is 0.820. The van der Waals surface area contributed by atoms with Crippen LogP contribution in [-0.2, 0) is 14.8 Å². The number of aromatic nitrogens is 2. The van der Waals surface area contributed by atoms with E-state index in [9.17, 15) is 13.2 Å². The number of nitrogens with one attached hydrogen (secondary N) is 1. The van der Waals surface area contributed by atoms with Crippen molar-refractivity contribution in [2.75, 3.05) is 18.4 Å². The van der Waals surface area contributed by atoms with Gasteiger partial charge in [-0.15, -0.1) is 5.10 Å². The summed E-state index contributed by atoms with van der Waals surface area (Å²) >= 11 is 5.89. The molecule has 0 bridgehead atoms. The van der Waals surface area contributed by atoms with Crippen LogP contribution in [0.25, 0.3) is 11.5 Å². The van der Waals surface area contributed by atoms with Gasteiger partial charge in [0, 0.05) is 29.6 Å². The normalized spacial score (nSPS) is 15.6. The van der Waals surface area contributed by atoms with Crippen molar-refractivity contribution in [1.29, 1.82) is 0 Å². The highest BCUT2D eigenvalue weighted by molar-refractivity contribution is 7.89. The van der Waals surface area contributed by atoms with Crippen molar-refractivity contribution >= 4 is 33.5 Å². The number of halogens is 1. The SMILES string of the molecule is CC(C)c1ccc(S(=O)(=O)N2CCC(C(=O)Nc3nnc(-c4ccc(Cl)cc4)o3)CC2)cc1. The van der Waals surface area contributed by atoms with Gasteiger partial charge in [0.1, 0.15) is 0 Å². The summed E-state index contributed by atoms with van der Waals surface area (Å²) in [7, 11) is -3.59. The Balaban J connectivity index is 1.35. The van der Waals surface area contributed by atoms with Crippen LogP contribution in [0, 0.1) is 5.92 Å². The molecule has 0 spiro atoms. The van der Waals surface area contributed by atoms with E-state index < -0.39 is 10.0 Å². The quantitative estimate of drug-likeness (QED) is 0.545. The molecule has 0 radical (unpaired) electrons. The van der Waals surface area contributed by atoms with Gasteiger partial charge in [-0.05, 0) is 60.7 Å². The molecule has 1 aliphatic rings. The molecule has 0 saturated carbocycles. The molecule has 33 heavy (non-hydrogen) atoms. The Morgan fingerprint density at radius 3 is 2.30 bits per heavy atom. The number of hydrogen-bond acceptors (Lipinski definition) is 6. The number of piperidine rings is 1. The van der Waals surface area contributed by atoms with E-state index in [1.165, 1.54) is 4.31 Å². The summed E-state index contributed by atoms with van der Waals surface area (Å²) in [4.78, 5) is 12.9. The number of carbonyl (C=O) groups is 1. The maximum absolute atomic E-state index is 13.0. The van der Waals surface area contributed by atoms with Gasteiger partial charge in [-0.25, -0.2) is 8.42 Å². The third kappa shape index (κ3) is 5.26. The summed E-state index contributed by atoms with van der Waals surface area (Å²) in [6, 6.07) is 13.9. The van der Waals surface area contributed by atoms with Crippen molar-refractivity contribution in [2.24, 2.45) is 5.92 Å². The van der Waals surface area contributed by atoms with E-state index in [0.717, 1.165) is 5.56 Å². The Morgan fingerprint density at radius 1 is 1.06 bits per heavy atom. The summed E-state index contributed by atoms with van der Waals surface area (Å²) in [5, 5.41) is 11.1. The van der Waals surface area contributed by atoms with Crippen LogP contribution >= 0.6 is 11.6 Å². The molecule has 1 amide bonds. The zero-order valence-corrected chi connectivity index (χ0v) is 19.9. The van der Waals surface area contributed by atoms with Gasteiger partial charge >= 0.3 is 6.01 Å². The molecular formula is C23H25ClN4O4S. The van der Waals surface area contributed by atoms with Crippen LogP contribution in [0.15, 0.2) is 57.8 Å². The van der Waals surface area contributed by atoms with Crippen molar-refractivity contribution in [1.82, 2.24) is 14.5 Å². The number of benzene rings is 2. The lowest BCUT2D eigenvalue weighted by atomic mass is 9.97. The number of carbonyl (C=O) groups excluding carboxylic acids is 1. The van der Waals surface area contributed by atoms with E-state index in [4.69, 9.17) is 16.0 Å². The zero-order chi connectivity index (χ0) is 23.6. The molecule has 1 aliphatic heterocycles. The number of sulfonamides is 1. The lowest BCUT2D eigenvalue weighted by Gasteiger charge is -2.30. The average Bonchev–Trinajstić information content (AvgIpc) is 3.28. The van der Waals surface area contributed by atoms with Crippen LogP contribution in [0.1, 0.15) is 38.2 Å². The Labute approximate surface area is 198 Å². The van der Waals surface area contributed by atoms with Gasteiger partial charge in [0.25, 0.3) is 0 Å². The van der Waals surface area contributed by atoms with Crippen molar-refractivity contribution in [2.45, 2.75) is 37.5 Å². The van der Waals surface area contributed by atoms with Crippen LogP contribution in [0.5, 0.6) is 0 Å². The fourth-order valence-corrected chi connectivity index (χ4v) is 5.32. The highest BCUT2D eigenvalue weighted by atomic mass is 35.5. The van der Waals surface area contributed by atoms with Crippen LogP contribution < -0.4 is 5.32 Å². The first-order chi connectivity index (χ1) is 15.7. The lowest BCUT2D eigenvalue weighted by molar-refractivity contribution is -0.121. The second kappa shape index (κ2) is 9.62. The molecule has 1 fully saturated rings. The second-order valence-electron chi connectivity index (χ2n) is 8.31. The van der Waals surface area contributed by atoms with E-state index in [0.29, 0.717) is 29.3 Å². The van der Waals surface area contributed by atoms with Gasteiger partial charge in [0.05, 0.1) is 4.90 Å². The largest absolute Gasteiger partial charge is 0.403 e. The van der Waals surface area contributed by atoms with Crippen molar-refractivity contribution in [3.05, 3.63) is 59.1 Å². The predicted octanol–water partition coefficient (Wildman–Crippen LogP) is 4.55. The molecular weight excluding hydrogens is 464 g/mol. The number of hydrogen-bond donors (Lipinski definition) is 1. The molecule has 0 atom stereocenters. The second-order valence-corrected chi connectivity index (χ2v) is 10.7. The molecule has 2 heterocycles. The minimum Gasteiger partial charge on any atom is -0.403 e. The first-order valence-electron chi connectivity index (χ1n) is 10.7. The van der Waals surface area contributed by atoms with E-state index >= 15 is 0 Å². The highest BCUT2D eigenvalue weighted by Gasteiger charge is 2.32. The third-order valence-corrected chi connectivity index (χ3v) is 7.92. The van der Waals surface area contributed by atoms with Crippen molar-refractivity contribution < 1.29 is 17.6 Å². The summed E-state index contributed by atoms with van der Waals surface area (Å²) < 4.78 is 32.9. The molecule has 0 aliphatic carbocycles. The fourth-order valence-electron chi connectivity index (χ4n) is 3.72. The standard InChI is InChI=1S/C23H25ClN4O4S/c1-15(2)16-5-9-20(10-6-16)33(30,31)28-13-11-17(12-14-28)21(29)25-23-27-26-22(32-23)18-3-7-19(24)8-4-18/h3-10,15,17H,11-14H2,1-2H3,(H,25,27,29). The van der Waals surface area contributed by atoms with Crippen molar-refractivity contribution in [3.8, 4) is 11.5 Å². The monoisotopic (exact) mass is 488 g/mol. The van der Waals surface area contributed by atoms with Crippen LogP contribution in [0.2, 0.25) is 5.02 Å². The number of nitrogens with zero attached hydrogens (tertiary/aromatic N) is 3. The van der Waals surface area contributed by atoms with Crippen molar-refractivity contribution in [3.63, 3.8) is 0 Å². The minimum atomic E-state index is -3.59. The van der Waals surface area contributed by atoms with E-state index in [-0.39, 0.29) is 41.7 Å². The number of rotatable bonds is 6. The summed E-state index contributed by atoms with van der Waals surface area (Å²) in [5.74, 6) is -0.00575. The smallest absolute Gasteiger partial charge is 0.322 e. The average molecular weight is 489 g/mol. The van der Waals surface area contributed by atoms with Gasteiger partial charge in [-0.3, -0.25) is 10.1 Å². The predicted molar refractivity (Wildman–Crippen MR) is 125 cm³/mol. The lowest BCUT2D eigenvalue weighted by Crippen LogP contribution is -2.41. The van der Waals surface area contributed by atoms with Gasteiger partial charge < -0.3 is 4.42 Å². The van der Waals surface area contributed by atoms with Gasteiger partial charge in [-0.2, -0.15) is 4.31 Å². The van der Waals surface area contributed by atoms with E-state index in [1.807, 2.05) is 12.1 Å². The number of anilines is 1. The Morgan fingerprint density at radius 2 is 1.70 bits per heavy atom. The highest BCUT2D eigenvalue weighted by Crippen LogP contribution is 2.27. The molecule has 2 aromatic carbocycles. The Bertz CT molecular complexity index is 1220. The molecule has 0 unspecified atom stereocenters.